The van der Waals surface area contributed by atoms with Crippen LogP contribution in [0.2, 0.25) is 0 Å². The van der Waals surface area contributed by atoms with Crippen molar-refractivity contribution in [3.8, 4) is 11.1 Å². The zero-order chi connectivity index (χ0) is 19.3. The number of imidazole rings is 1. The fourth-order valence-electron chi connectivity index (χ4n) is 4.15. The minimum absolute atomic E-state index is 0.253. The van der Waals surface area contributed by atoms with Gasteiger partial charge in [0.15, 0.2) is 0 Å². The third kappa shape index (κ3) is 2.94. The number of aromatic nitrogens is 4. The Bertz CT molecular complexity index is 1190. The summed E-state index contributed by atoms with van der Waals surface area (Å²) >= 11 is 0. The quantitative estimate of drug-likeness (QED) is 0.571. The topological polar surface area (TPSA) is 55.1 Å². The van der Waals surface area contributed by atoms with Crippen molar-refractivity contribution in [3.05, 3.63) is 59.4 Å². The number of benzene rings is 1. The molecule has 6 heteroatoms. The number of aryl methyl sites for hydroxylation is 2. The first-order valence-corrected chi connectivity index (χ1v) is 9.72. The van der Waals surface area contributed by atoms with Crippen LogP contribution in [0.3, 0.4) is 0 Å². The smallest absolute Gasteiger partial charge is 0.139 e. The molecule has 0 saturated carbocycles. The summed E-state index contributed by atoms with van der Waals surface area (Å²) in [6.45, 7) is 5.94. The van der Waals surface area contributed by atoms with Crippen LogP contribution in [-0.2, 0) is 0 Å². The zero-order valence-corrected chi connectivity index (χ0v) is 16.0. The second-order valence-corrected chi connectivity index (χ2v) is 7.71. The van der Waals surface area contributed by atoms with Crippen molar-refractivity contribution >= 4 is 16.6 Å². The summed E-state index contributed by atoms with van der Waals surface area (Å²) < 4.78 is 17.0. The van der Waals surface area contributed by atoms with Gasteiger partial charge < -0.3 is 9.72 Å². The molecule has 28 heavy (non-hydrogen) atoms. The van der Waals surface area contributed by atoms with E-state index in [1.54, 1.807) is 6.07 Å². The highest BCUT2D eigenvalue weighted by Gasteiger charge is 2.18. The highest BCUT2D eigenvalue weighted by atomic mass is 19.1. The van der Waals surface area contributed by atoms with Gasteiger partial charge in [-0.25, -0.2) is 9.37 Å². The van der Waals surface area contributed by atoms with E-state index in [2.05, 4.69) is 20.5 Å². The van der Waals surface area contributed by atoms with Gasteiger partial charge in [0.2, 0.25) is 0 Å². The number of piperidine rings is 1. The molecule has 3 aromatic heterocycles. The number of nitrogens with one attached hydrogen (secondary N) is 1. The van der Waals surface area contributed by atoms with E-state index < -0.39 is 0 Å². The summed E-state index contributed by atoms with van der Waals surface area (Å²) in [7, 11) is 0. The van der Waals surface area contributed by atoms with Crippen LogP contribution >= 0.6 is 0 Å². The average molecular weight is 375 g/mol. The molecule has 5 rings (SSSR count). The van der Waals surface area contributed by atoms with Gasteiger partial charge in [-0.2, -0.15) is 10.2 Å². The SMILES string of the molecule is Cc1cn2cc(-c3cc(F)c4cc(C5CCNCC5)nnc4c3)cc(C)c2n1. The predicted octanol–water partition coefficient (Wildman–Crippen LogP) is 4.17. The molecule has 0 spiro atoms. The van der Waals surface area contributed by atoms with Crippen molar-refractivity contribution in [2.75, 3.05) is 13.1 Å². The Morgan fingerprint density at radius 1 is 1.00 bits per heavy atom. The summed E-state index contributed by atoms with van der Waals surface area (Å²) in [4.78, 5) is 4.53. The van der Waals surface area contributed by atoms with Crippen LogP contribution in [0, 0.1) is 19.7 Å². The first-order chi connectivity index (χ1) is 13.6. The number of halogens is 1. The average Bonchev–Trinajstić information content (AvgIpc) is 3.09. The molecule has 0 amide bonds. The van der Waals surface area contributed by atoms with Gasteiger partial charge in [0.05, 0.1) is 16.9 Å². The summed E-state index contributed by atoms with van der Waals surface area (Å²) in [6.07, 6.45) is 6.00. The number of rotatable bonds is 2. The van der Waals surface area contributed by atoms with Gasteiger partial charge >= 0.3 is 0 Å². The monoisotopic (exact) mass is 375 g/mol. The Labute approximate surface area is 162 Å². The van der Waals surface area contributed by atoms with E-state index in [1.807, 2.05) is 48.8 Å². The molecule has 1 aliphatic rings. The van der Waals surface area contributed by atoms with Crippen molar-refractivity contribution < 1.29 is 4.39 Å². The lowest BCUT2D eigenvalue weighted by molar-refractivity contribution is 0.451. The van der Waals surface area contributed by atoms with E-state index in [4.69, 9.17) is 0 Å². The zero-order valence-electron chi connectivity index (χ0n) is 16.0. The molecule has 1 saturated heterocycles. The third-order valence-corrected chi connectivity index (χ3v) is 5.62. The minimum Gasteiger partial charge on any atom is -0.317 e. The van der Waals surface area contributed by atoms with E-state index in [-0.39, 0.29) is 5.82 Å². The Morgan fingerprint density at radius 3 is 2.64 bits per heavy atom. The van der Waals surface area contributed by atoms with Crippen molar-refractivity contribution in [2.45, 2.75) is 32.6 Å². The molecular weight excluding hydrogens is 353 g/mol. The number of nitrogens with zero attached hydrogens (tertiary/aromatic N) is 4. The van der Waals surface area contributed by atoms with Crippen LogP contribution in [-0.4, -0.2) is 32.7 Å². The minimum atomic E-state index is -0.253. The van der Waals surface area contributed by atoms with Crippen LogP contribution in [0.5, 0.6) is 0 Å². The van der Waals surface area contributed by atoms with Crippen LogP contribution in [0.15, 0.2) is 36.7 Å². The Hall–Kier alpha value is -2.86. The van der Waals surface area contributed by atoms with Gasteiger partial charge in [-0.05, 0) is 80.7 Å². The molecule has 0 radical (unpaired) electrons. The van der Waals surface area contributed by atoms with Gasteiger partial charge in [0.1, 0.15) is 11.5 Å². The lowest BCUT2D eigenvalue weighted by Gasteiger charge is -2.21. The van der Waals surface area contributed by atoms with Gasteiger partial charge in [-0.3, -0.25) is 0 Å². The Balaban J connectivity index is 1.59. The predicted molar refractivity (Wildman–Crippen MR) is 108 cm³/mol. The Kier molecular flexibility index (Phi) is 4.09. The van der Waals surface area contributed by atoms with E-state index in [0.717, 1.165) is 59.7 Å². The third-order valence-electron chi connectivity index (χ3n) is 5.62. The summed E-state index contributed by atoms with van der Waals surface area (Å²) in [5.41, 5.74) is 6.16. The Morgan fingerprint density at radius 2 is 1.82 bits per heavy atom. The molecule has 0 aliphatic carbocycles. The van der Waals surface area contributed by atoms with Crippen LogP contribution in [0.25, 0.3) is 27.7 Å². The number of fused-ring (bicyclic) bond motifs is 2. The molecule has 1 aliphatic heterocycles. The van der Waals surface area contributed by atoms with Gasteiger partial charge in [0.25, 0.3) is 0 Å². The highest BCUT2D eigenvalue weighted by molar-refractivity contribution is 5.85. The second-order valence-electron chi connectivity index (χ2n) is 7.71. The molecule has 0 bridgehead atoms. The highest BCUT2D eigenvalue weighted by Crippen LogP contribution is 2.30. The van der Waals surface area contributed by atoms with Crippen LogP contribution in [0.1, 0.15) is 35.7 Å². The van der Waals surface area contributed by atoms with Crippen molar-refractivity contribution in [3.63, 3.8) is 0 Å². The standard InChI is InChI=1S/C22H22FN5/c1-13-7-17(12-28-11-14(2)25-22(13)28)16-8-19(23)18-10-20(26-27-21(18)9-16)15-3-5-24-6-4-15/h7-12,15,24H,3-6H2,1-2H3. The normalized spacial score (nSPS) is 15.5. The molecule has 1 aromatic carbocycles. The maximum Gasteiger partial charge on any atom is 0.139 e. The molecular formula is C22H22FN5. The lowest BCUT2D eigenvalue weighted by Crippen LogP contribution is -2.27. The fraction of sp³-hybridized carbons (Fsp3) is 0.318. The molecule has 4 aromatic rings. The summed E-state index contributed by atoms with van der Waals surface area (Å²) in [5, 5.41) is 12.7. The molecule has 0 unspecified atom stereocenters. The van der Waals surface area contributed by atoms with Gasteiger partial charge in [-0.1, -0.05) is 0 Å². The van der Waals surface area contributed by atoms with E-state index in [1.165, 1.54) is 0 Å². The molecule has 5 nitrogen and oxygen atoms in total. The van der Waals surface area contributed by atoms with E-state index >= 15 is 0 Å². The number of hydrogen-bond acceptors (Lipinski definition) is 4. The van der Waals surface area contributed by atoms with Crippen LogP contribution < -0.4 is 5.32 Å². The first kappa shape index (κ1) is 17.3. The maximum absolute atomic E-state index is 15.0. The molecule has 0 atom stereocenters. The summed E-state index contributed by atoms with van der Waals surface area (Å²) in [6, 6.07) is 7.44. The van der Waals surface area contributed by atoms with Gasteiger partial charge in [-0.15, -0.1) is 0 Å². The maximum atomic E-state index is 15.0. The molecule has 4 heterocycles. The lowest BCUT2D eigenvalue weighted by atomic mass is 9.93. The van der Waals surface area contributed by atoms with Crippen molar-refractivity contribution in [1.82, 2.24) is 24.9 Å². The molecule has 1 N–H and O–H groups in total. The van der Waals surface area contributed by atoms with Crippen LogP contribution in [0.4, 0.5) is 4.39 Å². The van der Waals surface area contributed by atoms with E-state index in [9.17, 15) is 4.39 Å². The first-order valence-electron chi connectivity index (χ1n) is 9.72. The number of pyridine rings is 1. The van der Waals surface area contributed by atoms with Gasteiger partial charge in [0, 0.05) is 23.7 Å². The number of hydrogen-bond donors (Lipinski definition) is 1. The van der Waals surface area contributed by atoms with Crippen molar-refractivity contribution in [1.29, 1.82) is 0 Å². The molecule has 142 valence electrons. The van der Waals surface area contributed by atoms with Crippen molar-refractivity contribution in [2.24, 2.45) is 0 Å². The second kappa shape index (κ2) is 6.63. The molecule has 1 fully saturated rings. The fourth-order valence-corrected chi connectivity index (χ4v) is 4.15. The van der Waals surface area contributed by atoms with E-state index in [0.29, 0.717) is 16.8 Å². The largest absolute Gasteiger partial charge is 0.317 e. The summed E-state index contributed by atoms with van der Waals surface area (Å²) in [5.74, 6) is 0.101.